The normalized spacial score (nSPS) is 10.3. The highest BCUT2D eigenvalue weighted by Gasteiger charge is 2.53. The third-order valence-corrected chi connectivity index (χ3v) is 3.89. The number of nitrogens with zero attached hydrogens (tertiary/aromatic N) is 5. The largest absolute Gasteiger partial charge is 0.437 e. The molecule has 0 aromatic heterocycles. The first-order valence-corrected chi connectivity index (χ1v) is 7.56. The Labute approximate surface area is 158 Å². The van der Waals surface area contributed by atoms with Crippen LogP contribution in [0.3, 0.4) is 0 Å². The molecule has 0 aliphatic heterocycles. The second kappa shape index (κ2) is 7.99. The van der Waals surface area contributed by atoms with Gasteiger partial charge in [-0.3, -0.25) is 50.6 Å². The van der Waals surface area contributed by atoms with Crippen molar-refractivity contribution in [1.29, 1.82) is 0 Å². The molecule has 0 bridgehead atoms. The molecule has 150 valence electrons. The summed E-state index contributed by atoms with van der Waals surface area (Å²) in [5.41, 5.74) is -8.92. The molecule has 0 unspecified atom stereocenters. The van der Waals surface area contributed by atoms with Gasteiger partial charge in [0.15, 0.2) is 0 Å². The van der Waals surface area contributed by atoms with Gasteiger partial charge in [0.25, 0.3) is 0 Å². The summed E-state index contributed by atoms with van der Waals surface area (Å²) in [6.07, 6.45) is -0.676. The molecular formula is C14H9N5O10. The van der Waals surface area contributed by atoms with Crippen molar-refractivity contribution in [3.63, 3.8) is 0 Å². The highest BCUT2D eigenvalue weighted by molar-refractivity contribution is 5.85. The lowest BCUT2D eigenvalue weighted by atomic mass is 9.98. The van der Waals surface area contributed by atoms with Crippen LogP contribution in [0.15, 0.2) is 30.3 Å². The van der Waals surface area contributed by atoms with Crippen LogP contribution >= 0.6 is 0 Å². The quantitative estimate of drug-likeness (QED) is 0.460. The van der Waals surface area contributed by atoms with Crippen LogP contribution < -0.4 is 0 Å². The third kappa shape index (κ3) is 3.92. The molecular weight excluding hydrogens is 398 g/mol. The Morgan fingerprint density at radius 1 is 0.517 bits per heavy atom. The molecule has 0 atom stereocenters. The fraction of sp³-hybridized carbons (Fsp3) is 0.143. The number of nitro groups is 5. The Hall–Kier alpha value is -4.56. The van der Waals surface area contributed by atoms with E-state index in [1.807, 2.05) is 0 Å². The molecule has 0 amide bonds. The molecule has 15 heteroatoms. The Bertz CT molecular complexity index is 999. The minimum Gasteiger partial charge on any atom is -0.258 e. The lowest BCUT2D eigenvalue weighted by Crippen LogP contribution is -2.12. The molecule has 0 saturated carbocycles. The van der Waals surface area contributed by atoms with E-state index in [0.29, 0.717) is 5.56 Å². The maximum Gasteiger partial charge on any atom is 0.437 e. The van der Waals surface area contributed by atoms with E-state index in [1.54, 1.807) is 30.3 Å². The maximum atomic E-state index is 11.5. The Kier molecular flexibility index (Phi) is 5.72. The molecule has 2 rings (SSSR count). The SMILES string of the molecule is O=[N+]([O-])c1c(CCc2ccccc2)c([N+](=O)[O-])c([N+](=O)[O-])c([N+](=O)[O-])c1[N+](=O)[O-]. The van der Waals surface area contributed by atoms with Gasteiger partial charge in [0, 0.05) is 0 Å². The van der Waals surface area contributed by atoms with Gasteiger partial charge in [0.1, 0.15) is 5.56 Å². The van der Waals surface area contributed by atoms with Crippen molar-refractivity contribution >= 4 is 28.4 Å². The van der Waals surface area contributed by atoms with E-state index < -0.39 is 65.0 Å². The maximum absolute atomic E-state index is 11.5. The van der Waals surface area contributed by atoms with Crippen LogP contribution in [0.1, 0.15) is 11.1 Å². The van der Waals surface area contributed by atoms with Gasteiger partial charge in [0.05, 0.1) is 24.6 Å². The van der Waals surface area contributed by atoms with Crippen molar-refractivity contribution < 1.29 is 24.6 Å². The highest BCUT2D eigenvalue weighted by atomic mass is 16.7. The van der Waals surface area contributed by atoms with Crippen molar-refractivity contribution in [1.82, 2.24) is 0 Å². The monoisotopic (exact) mass is 407 g/mol. The fourth-order valence-electron chi connectivity index (χ4n) is 2.80. The smallest absolute Gasteiger partial charge is 0.258 e. The minimum absolute atomic E-state index is 0.103. The van der Waals surface area contributed by atoms with Crippen molar-refractivity contribution in [3.05, 3.63) is 92.0 Å². The van der Waals surface area contributed by atoms with Crippen LogP contribution in [-0.4, -0.2) is 24.6 Å². The van der Waals surface area contributed by atoms with E-state index in [4.69, 9.17) is 0 Å². The molecule has 0 fully saturated rings. The van der Waals surface area contributed by atoms with Crippen molar-refractivity contribution in [2.45, 2.75) is 12.8 Å². The van der Waals surface area contributed by atoms with Gasteiger partial charge in [-0.1, -0.05) is 30.3 Å². The summed E-state index contributed by atoms with van der Waals surface area (Å²) < 4.78 is 0. The molecule has 15 nitrogen and oxygen atoms in total. The molecule has 0 heterocycles. The molecule has 0 saturated heterocycles. The zero-order chi connectivity index (χ0) is 21.9. The second-order valence-corrected chi connectivity index (χ2v) is 5.49. The summed E-state index contributed by atoms with van der Waals surface area (Å²) in [6.45, 7) is 0. The Morgan fingerprint density at radius 3 is 1.21 bits per heavy atom. The number of benzene rings is 2. The van der Waals surface area contributed by atoms with Gasteiger partial charge in [-0.05, 0) is 18.4 Å². The van der Waals surface area contributed by atoms with Gasteiger partial charge in [-0.25, -0.2) is 0 Å². The summed E-state index contributed by atoms with van der Waals surface area (Å²) in [5.74, 6) is 0. The van der Waals surface area contributed by atoms with Crippen molar-refractivity contribution in [2.24, 2.45) is 0 Å². The minimum atomic E-state index is -1.91. The lowest BCUT2D eigenvalue weighted by Gasteiger charge is -2.07. The molecule has 2 aromatic carbocycles. The molecule has 2 aromatic rings. The number of nitro benzene ring substituents is 5. The van der Waals surface area contributed by atoms with Gasteiger partial charge in [0.2, 0.25) is 0 Å². The summed E-state index contributed by atoms with van der Waals surface area (Å²) in [4.78, 5) is 49.4. The van der Waals surface area contributed by atoms with E-state index in [-0.39, 0.29) is 6.42 Å². The van der Waals surface area contributed by atoms with Crippen LogP contribution in [0.4, 0.5) is 28.4 Å². The molecule has 0 aliphatic carbocycles. The van der Waals surface area contributed by atoms with Crippen LogP contribution in [0.2, 0.25) is 0 Å². The Balaban J connectivity index is 2.96. The predicted octanol–water partition coefficient (Wildman–Crippen LogP) is 3.01. The second-order valence-electron chi connectivity index (χ2n) is 5.49. The van der Waals surface area contributed by atoms with Crippen molar-refractivity contribution in [3.8, 4) is 0 Å². The summed E-state index contributed by atoms with van der Waals surface area (Å²) in [7, 11) is 0. The van der Waals surface area contributed by atoms with Gasteiger partial charge >= 0.3 is 28.4 Å². The first-order chi connectivity index (χ1) is 13.6. The van der Waals surface area contributed by atoms with E-state index in [1.165, 1.54) is 0 Å². The van der Waals surface area contributed by atoms with E-state index in [9.17, 15) is 50.6 Å². The molecule has 0 N–H and O–H groups in total. The zero-order valence-corrected chi connectivity index (χ0v) is 14.1. The van der Waals surface area contributed by atoms with E-state index in [0.717, 1.165) is 0 Å². The lowest BCUT2D eigenvalue weighted by molar-refractivity contribution is -0.460. The first kappa shape index (κ1) is 20.7. The van der Waals surface area contributed by atoms with Crippen LogP contribution in [0.25, 0.3) is 0 Å². The third-order valence-electron chi connectivity index (χ3n) is 3.89. The summed E-state index contributed by atoms with van der Waals surface area (Å²) in [6, 6.07) is 7.96. The average Bonchev–Trinajstić information content (AvgIpc) is 2.64. The van der Waals surface area contributed by atoms with Gasteiger partial charge in [-0.2, -0.15) is 0 Å². The number of aryl methyl sites for hydroxylation is 1. The van der Waals surface area contributed by atoms with Gasteiger partial charge in [-0.15, -0.1) is 0 Å². The summed E-state index contributed by atoms with van der Waals surface area (Å²) in [5, 5.41) is 56.9. The van der Waals surface area contributed by atoms with Crippen LogP contribution in [0, 0.1) is 50.6 Å². The Morgan fingerprint density at radius 2 is 0.862 bits per heavy atom. The molecule has 0 aliphatic rings. The topological polar surface area (TPSA) is 216 Å². The standard InChI is InChI=1S/C14H9N5O10/c20-15(21)10-9(7-6-8-4-2-1-3-5-8)11(16(22)23)13(18(26)27)14(19(28)29)12(10)17(24)25/h1-5H,6-7H2. The number of rotatable bonds is 8. The zero-order valence-electron chi connectivity index (χ0n) is 14.1. The van der Waals surface area contributed by atoms with E-state index >= 15 is 0 Å². The summed E-state index contributed by atoms with van der Waals surface area (Å²) >= 11 is 0. The highest BCUT2D eigenvalue weighted by Crippen LogP contribution is 2.51. The number of hydrogen-bond acceptors (Lipinski definition) is 10. The first-order valence-electron chi connectivity index (χ1n) is 7.56. The molecule has 0 spiro atoms. The molecule has 0 radical (unpaired) electrons. The van der Waals surface area contributed by atoms with Gasteiger partial charge < -0.3 is 0 Å². The van der Waals surface area contributed by atoms with E-state index in [2.05, 4.69) is 0 Å². The van der Waals surface area contributed by atoms with Crippen LogP contribution in [-0.2, 0) is 12.8 Å². The predicted molar refractivity (Wildman–Crippen MR) is 93.6 cm³/mol. The molecule has 29 heavy (non-hydrogen) atoms. The average molecular weight is 407 g/mol. The fourth-order valence-corrected chi connectivity index (χ4v) is 2.80. The van der Waals surface area contributed by atoms with Crippen LogP contribution in [0.5, 0.6) is 0 Å². The van der Waals surface area contributed by atoms with Crippen molar-refractivity contribution in [2.75, 3.05) is 0 Å². The number of hydrogen-bond donors (Lipinski definition) is 0.